The first-order valence-corrected chi connectivity index (χ1v) is 35.2. The quantitative estimate of drug-likeness (QED) is 0.0591. The molecule has 0 aliphatic carbocycles. The summed E-state index contributed by atoms with van der Waals surface area (Å²) in [5, 5.41) is -0.923. The number of carbonyl (C=O) groups excluding carboxylic acids is 6. The van der Waals surface area contributed by atoms with Crippen molar-refractivity contribution in [2.75, 3.05) is 78.6 Å². The zero-order valence-electron chi connectivity index (χ0n) is 50.6. The lowest BCUT2D eigenvalue weighted by Gasteiger charge is -2.45. The average molecular weight is 1340 g/mol. The van der Waals surface area contributed by atoms with Crippen LogP contribution >= 0.6 is 69.6 Å². The molecule has 6 atom stereocenters. The zero-order chi connectivity index (χ0) is 63.7. The molecule has 28 heteroatoms. The van der Waals surface area contributed by atoms with E-state index >= 15 is 9.59 Å². The maximum atomic E-state index is 15.2. The lowest BCUT2D eigenvalue weighted by atomic mass is 10.0. The van der Waals surface area contributed by atoms with Crippen LogP contribution in [0.4, 0.5) is 21.0 Å². The van der Waals surface area contributed by atoms with Crippen molar-refractivity contribution in [3.05, 3.63) is 95.4 Å². The molecule has 0 N–H and O–H groups in total. The number of amides is 6. The number of alkyl halides is 6. The number of carbonyl (C=O) groups is 6. The average Bonchev–Trinajstić information content (AvgIpc) is 1.67. The van der Waals surface area contributed by atoms with Crippen molar-refractivity contribution in [2.24, 2.45) is 0 Å². The monoisotopic (exact) mass is 1330 g/mol. The molecule has 0 spiro atoms. The number of hydrogen-bond acceptors (Lipinski definition) is 14. The highest BCUT2D eigenvalue weighted by atomic mass is 35.6. The van der Waals surface area contributed by atoms with Gasteiger partial charge in [0.15, 0.2) is 29.1 Å². The molecule has 2 unspecified atom stereocenters. The molecule has 0 bridgehead atoms. The maximum Gasteiger partial charge on any atom is 0.416 e. The summed E-state index contributed by atoms with van der Waals surface area (Å²) in [4.78, 5) is 94.5. The van der Waals surface area contributed by atoms with E-state index in [1.54, 1.807) is 77.0 Å². The normalized spacial score (nSPS) is 21.2. The second-order valence-corrected chi connectivity index (χ2v) is 38.7. The number of rotatable bonds is 18. The summed E-state index contributed by atoms with van der Waals surface area (Å²) in [5.41, 5.74) is 1.04. The Morgan fingerprint density at radius 1 is 0.576 bits per heavy atom. The van der Waals surface area contributed by atoms with Gasteiger partial charge in [0.1, 0.15) is 49.0 Å². The molecule has 0 radical (unpaired) electrons. The van der Waals surface area contributed by atoms with Crippen molar-refractivity contribution in [2.45, 2.75) is 129 Å². The van der Waals surface area contributed by atoms with Crippen LogP contribution < -0.4 is 19.3 Å². The fraction of sp³-hybridized carbons (Fsp3) is 0.544. The molecule has 2 aromatic carbocycles. The Labute approximate surface area is 529 Å². The molecule has 0 aromatic heterocycles. The van der Waals surface area contributed by atoms with Gasteiger partial charge < -0.3 is 56.9 Å². The van der Waals surface area contributed by atoms with Crippen molar-refractivity contribution in [1.29, 1.82) is 0 Å². The summed E-state index contributed by atoms with van der Waals surface area (Å²) in [7, 11) is 3.30. The molecular weight excluding hydrogens is 1260 g/mol. The summed E-state index contributed by atoms with van der Waals surface area (Å²) in [5.74, 6) is -1.26. The number of likely N-dealkylation sites (N-methyl/N-ethyl adjacent to an activating group) is 2. The van der Waals surface area contributed by atoms with E-state index in [4.69, 9.17) is 107 Å². The Balaban J connectivity index is 1.47. The van der Waals surface area contributed by atoms with Gasteiger partial charge in [-0.3, -0.25) is 19.2 Å². The van der Waals surface area contributed by atoms with E-state index in [1.165, 1.54) is 67.9 Å². The number of ether oxygens (including phenoxy) is 6. The fourth-order valence-corrected chi connectivity index (χ4v) is 11.7. The smallest absolute Gasteiger partial charge is 0.416 e. The standard InChI is InChI=1S/C57H76Cl6N6O14Si2/c1-54(2,3)84(13,14)82-50-44-46(34(18-24-42(70)64(7)8)30-66(44)48(72)38-28-36(76-11)20-22-40(38)68(50)52(74)80-32-56(58,59)60)78-26-17-27-79-47-35(19-25-43(71)65(9)10)31-67-45(47)51(83-85(15,16)55(4,5)6)69(53(75)81-33-57(61,62)63)41-23-21-37(77-12)29-39(41)49(67)73/h18-25,28-31,44-47,50-51H,17,26-27,32-33H2,1-16H3/t44-,45-,46?,47?,50-,51-/m0/s1. The van der Waals surface area contributed by atoms with Crippen LogP contribution in [-0.4, -0.2) is 185 Å². The largest absolute Gasteiger partial charge is 0.497 e. The van der Waals surface area contributed by atoms with Gasteiger partial charge in [0.2, 0.25) is 19.4 Å². The van der Waals surface area contributed by atoms with Crippen molar-refractivity contribution in [1.82, 2.24) is 19.6 Å². The second kappa shape index (κ2) is 27.0. The lowest BCUT2D eigenvalue weighted by molar-refractivity contribution is -0.124. The Bertz CT molecular complexity index is 2790. The highest BCUT2D eigenvalue weighted by Gasteiger charge is 2.57. The van der Waals surface area contributed by atoms with Gasteiger partial charge in [0.25, 0.3) is 11.8 Å². The lowest BCUT2D eigenvalue weighted by Crippen LogP contribution is -2.61. The number of anilines is 2. The predicted octanol–water partition coefficient (Wildman–Crippen LogP) is 11.6. The van der Waals surface area contributed by atoms with Crippen LogP contribution in [0, 0.1) is 0 Å². The highest BCUT2D eigenvalue weighted by Crippen LogP contribution is 2.47. The van der Waals surface area contributed by atoms with E-state index in [0.29, 0.717) is 22.6 Å². The predicted molar refractivity (Wildman–Crippen MR) is 334 cm³/mol. The van der Waals surface area contributed by atoms with Crippen LogP contribution in [-0.2, 0) is 37.4 Å². The van der Waals surface area contributed by atoms with Crippen LogP contribution in [0.1, 0.15) is 68.7 Å². The molecule has 2 aromatic rings. The van der Waals surface area contributed by atoms with Crippen LogP contribution in [0.2, 0.25) is 36.3 Å². The van der Waals surface area contributed by atoms with Gasteiger partial charge in [-0.2, -0.15) is 0 Å². The first-order valence-electron chi connectivity index (χ1n) is 27.1. The summed E-state index contributed by atoms with van der Waals surface area (Å²) in [6.45, 7) is 18.5. The van der Waals surface area contributed by atoms with E-state index < -0.39 is 108 Å². The molecule has 6 rings (SSSR count). The molecule has 0 saturated heterocycles. The van der Waals surface area contributed by atoms with Gasteiger partial charge in [-0.15, -0.1) is 0 Å². The van der Waals surface area contributed by atoms with E-state index in [1.807, 2.05) is 67.7 Å². The van der Waals surface area contributed by atoms with E-state index in [-0.39, 0.29) is 54.0 Å². The van der Waals surface area contributed by atoms with Crippen LogP contribution in [0.5, 0.6) is 11.5 Å². The molecule has 6 amide bonds. The van der Waals surface area contributed by atoms with Crippen molar-refractivity contribution in [3.8, 4) is 11.5 Å². The number of methoxy groups -OCH3 is 2. The van der Waals surface area contributed by atoms with E-state index in [9.17, 15) is 19.2 Å². The fourth-order valence-electron chi connectivity index (χ4n) is 9.00. The minimum absolute atomic E-state index is 0.0393. The molecule has 0 fully saturated rings. The molecule has 20 nitrogen and oxygen atoms in total. The van der Waals surface area contributed by atoms with Crippen LogP contribution in [0.25, 0.3) is 0 Å². The molecular formula is C57H76Cl6N6O14Si2. The Hall–Kier alpha value is -4.57. The third-order valence-electron chi connectivity index (χ3n) is 15.6. The first kappa shape index (κ1) is 69.5. The van der Waals surface area contributed by atoms with Gasteiger partial charge in [0, 0.05) is 66.0 Å². The summed E-state index contributed by atoms with van der Waals surface area (Å²) in [6, 6.07) is 6.93. The second-order valence-electron chi connectivity index (χ2n) is 24.1. The number of benzene rings is 2. The van der Waals surface area contributed by atoms with Crippen LogP contribution in [0.15, 0.2) is 84.2 Å². The summed E-state index contributed by atoms with van der Waals surface area (Å²) >= 11 is 36.9. The van der Waals surface area contributed by atoms with Gasteiger partial charge in [0.05, 0.1) is 36.7 Å². The first-order chi connectivity index (χ1) is 39.2. The highest BCUT2D eigenvalue weighted by molar-refractivity contribution is 6.74. The number of fused-ring (bicyclic) bond motifs is 4. The summed E-state index contributed by atoms with van der Waals surface area (Å²) < 4.78 is 46.8. The minimum atomic E-state index is -2.97. The SMILES string of the molecule is COc1ccc2c(c1)C(=O)N1C=C(C=CC(=O)N(C)C)C(OCCCOC3C(C=CC(=O)N(C)C)=CN4C(=O)c5cc(OC)ccc5N(C(=O)OCC(Cl)(Cl)Cl)[C@@H](O[Si](C)(C)C(C)(C)C)[C@H]34)[C@H]1[C@H](O[Si](C)(C)C(C)(C)C)N2C(=O)OCC(Cl)(Cl)Cl. The number of hydrogen-bond donors (Lipinski definition) is 0. The molecule has 468 valence electrons. The molecule has 4 heterocycles. The van der Waals surface area contributed by atoms with E-state index in [0.717, 1.165) is 0 Å². The van der Waals surface area contributed by atoms with Crippen molar-refractivity contribution >= 4 is 133 Å². The maximum absolute atomic E-state index is 15.2. The van der Waals surface area contributed by atoms with Gasteiger partial charge in [-0.25, -0.2) is 19.4 Å². The topological polar surface area (TPSA) is 196 Å². The Kier molecular flexibility index (Phi) is 22.1. The molecule has 4 aliphatic rings. The molecule has 4 aliphatic heterocycles. The Morgan fingerprint density at radius 3 is 1.21 bits per heavy atom. The minimum Gasteiger partial charge on any atom is -0.497 e. The number of halogens is 6. The third-order valence-corrected chi connectivity index (χ3v) is 25.1. The molecule has 0 saturated carbocycles. The van der Waals surface area contributed by atoms with Crippen LogP contribution in [0.3, 0.4) is 0 Å². The van der Waals surface area contributed by atoms with Gasteiger partial charge in [-0.1, -0.05) is 111 Å². The summed E-state index contributed by atoms with van der Waals surface area (Å²) in [6.07, 6.45) is 2.07. The number of nitrogens with zero attached hydrogens (tertiary/aromatic N) is 6. The van der Waals surface area contributed by atoms with Crippen molar-refractivity contribution in [3.63, 3.8) is 0 Å². The van der Waals surface area contributed by atoms with Gasteiger partial charge >= 0.3 is 12.2 Å². The molecule has 85 heavy (non-hydrogen) atoms. The van der Waals surface area contributed by atoms with Gasteiger partial charge in [-0.05, 0) is 102 Å². The van der Waals surface area contributed by atoms with Crippen molar-refractivity contribution < 1.29 is 66.0 Å². The zero-order valence-corrected chi connectivity index (χ0v) is 57.1. The third kappa shape index (κ3) is 16.2. The Morgan fingerprint density at radius 2 is 0.918 bits per heavy atom. The van der Waals surface area contributed by atoms with E-state index in [2.05, 4.69) is 0 Å².